The summed E-state index contributed by atoms with van der Waals surface area (Å²) in [4.78, 5) is 4.96. The first kappa shape index (κ1) is 15.6. The highest BCUT2D eigenvalue weighted by Crippen LogP contribution is 2.41. The molecule has 1 saturated heterocycles. The van der Waals surface area contributed by atoms with Crippen molar-refractivity contribution in [1.29, 1.82) is 0 Å². The van der Waals surface area contributed by atoms with E-state index in [9.17, 15) is 5.11 Å². The predicted octanol–water partition coefficient (Wildman–Crippen LogP) is 2.78. The normalized spacial score (nSPS) is 29.1. The first-order valence-corrected chi connectivity index (χ1v) is 9.57. The third-order valence-electron chi connectivity index (χ3n) is 6.34. The van der Waals surface area contributed by atoms with Gasteiger partial charge in [0.1, 0.15) is 0 Å². The van der Waals surface area contributed by atoms with Gasteiger partial charge in [0.05, 0.1) is 6.10 Å². The molecule has 3 heteroatoms. The zero-order valence-corrected chi connectivity index (χ0v) is 14.6. The SMILES string of the molecule is O[C@@H]1CN(Cc2ccccc2)C[C@H]1N1Cc2cccc3c2C(CC3)C1. The van der Waals surface area contributed by atoms with E-state index in [0.717, 1.165) is 32.7 Å². The maximum Gasteiger partial charge on any atom is 0.0834 e. The molecule has 1 aliphatic carbocycles. The van der Waals surface area contributed by atoms with E-state index in [1.54, 1.807) is 11.1 Å². The second kappa shape index (κ2) is 6.24. The molecule has 3 aliphatic rings. The minimum absolute atomic E-state index is 0.241. The Morgan fingerprint density at radius 1 is 0.920 bits per heavy atom. The van der Waals surface area contributed by atoms with Gasteiger partial charge in [-0.1, -0.05) is 48.5 Å². The van der Waals surface area contributed by atoms with Gasteiger partial charge in [-0.3, -0.25) is 9.80 Å². The lowest BCUT2D eigenvalue weighted by atomic mass is 9.90. The molecule has 0 spiro atoms. The third-order valence-corrected chi connectivity index (χ3v) is 6.34. The van der Waals surface area contributed by atoms with Crippen LogP contribution in [0, 0.1) is 0 Å². The highest BCUT2D eigenvalue weighted by Gasteiger charge is 2.40. The van der Waals surface area contributed by atoms with E-state index in [1.807, 2.05) is 0 Å². The number of rotatable bonds is 3. The molecule has 25 heavy (non-hydrogen) atoms. The van der Waals surface area contributed by atoms with E-state index in [-0.39, 0.29) is 12.1 Å². The fourth-order valence-corrected chi connectivity index (χ4v) is 5.20. The van der Waals surface area contributed by atoms with Gasteiger partial charge < -0.3 is 5.11 Å². The molecule has 0 bridgehead atoms. The molecular weight excluding hydrogens is 308 g/mol. The van der Waals surface area contributed by atoms with Gasteiger partial charge in [0.15, 0.2) is 0 Å². The molecule has 1 N–H and O–H groups in total. The van der Waals surface area contributed by atoms with Gasteiger partial charge in [-0.05, 0) is 41.0 Å². The summed E-state index contributed by atoms with van der Waals surface area (Å²) in [6.07, 6.45) is 2.27. The quantitative estimate of drug-likeness (QED) is 0.935. The van der Waals surface area contributed by atoms with Gasteiger partial charge in [-0.2, -0.15) is 0 Å². The van der Waals surface area contributed by atoms with E-state index >= 15 is 0 Å². The molecule has 2 aromatic rings. The van der Waals surface area contributed by atoms with E-state index < -0.39 is 0 Å². The summed E-state index contributed by atoms with van der Waals surface area (Å²) in [5.41, 5.74) is 6.03. The lowest BCUT2D eigenvalue weighted by Crippen LogP contribution is -2.46. The van der Waals surface area contributed by atoms with Crippen LogP contribution in [0.3, 0.4) is 0 Å². The van der Waals surface area contributed by atoms with Crippen molar-refractivity contribution in [1.82, 2.24) is 9.80 Å². The number of hydrogen-bond acceptors (Lipinski definition) is 3. The van der Waals surface area contributed by atoms with Crippen LogP contribution in [-0.2, 0) is 19.5 Å². The van der Waals surface area contributed by atoms with E-state index in [0.29, 0.717) is 5.92 Å². The Kier molecular flexibility index (Phi) is 3.89. The van der Waals surface area contributed by atoms with Crippen molar-refractivity contribution in [3.63, 3.8) is 0 Å². The maximum absolute atomic E-state index is 10.7. The van der Waals surface area contributed by atoms with Gasteiger partial charge in [-0.15, -0.1) is 0 Å². The summed E-state index contributed by atoms with van der Waals surface area (Å²) in [5.74, 6) is 0.676. The van der Waals surface area contributed by atoms with Crippen LogP contribution in [0.2, 0.25) is 0 Å². The van der Waals surface area contributed by atoms with Crippen LogP contribution < -0.4 is 0 Å². The summed E-state index contributed by atoms with van der Waals surface area (Å²) in [6.45, 7) is 4.81. The molecule has 2 aromatic carbocycles. The van der Waals surface area contributed by atoms with Crippen molar-refractivity contribution in [3.05, 3.63) is 70.8 Å². The minimum Gasteiger partial charge on any atom is -0.390 e. The van der Waals surface area contributed by atoms with Crippen LogP contribution in [0.5, 0.6) is 0 Å². The van der Waals surface area contributed by atoms with E-state index in [2.05, 4.69) is 58.3 Å². The van der Waals surface area contributed by atoms with Crippen molar-refractivity contribution in [2.24, 2.45) is 0 Å². The van der Waals surface area contributed by atoms with Crippen LogP contribution >= 0.6 is 0 Å². The zero-order chi connectivity index (χ0) is 16.8. The van der Waals surface area contributed by atoms with Gasteiger partial charge in [0, 0.05) is 38.8 Å². The Morgan fingerprint density at radius 2 is 1.76 bits per heavy atom. The number of aryl methyl sites for hydroxylation is 1. The molecule has 0 amide bonds. The summed E-state index contributed by atoms with van der Waals surface area (Å²) in [6, 6.07) is 17.7. The average Bonchev–Trinajstić information content (AvgIpc) is 3.21. The average molecular weight is 334 g/mol. The molecular formula is C22H26N2O. The molecule has 0 aromatic heterocycles. The maximum atomic E-state index is 10.7. The number of likely N-dealkylation sites (tertiary alicyclic amines) is 1. The number of nitrogens with zero attached hydrogens (tertiary/aromatic N) is 2. The van der Waals surface area contributed by atoms with Gasteiger partial charge in [0.25, 0.3) is 0 Å². The van der Waals surface area contributed by atoms with E-state index in [4.69, 9.17) is 0 Å². The summed E-state index contributed by atoms with van der Waals surface area (Å²) >= 11 is 0. The van der Waals surface area contributed by atoms with Gasteiger partial charge >= 0.3 is 0 Å². The zero-order valence-electron chi connectivity index (χ0n) is 14.6. The first-order chi connectivity index (χ1) is 12.3. The van der Waals surface area contributed by atoms with Crippen LogP contribution in [0.15, 0.2) is 48.5 Å². The Labute approximate surface area is 149 Å². The summed E-state index contributed by atoms with van der Waals surface area (Å²) < 4.78 is 0. The lowest BCUT2D eigenvalue weighted by Gasteiger charge is -2.38. The molecule has 130 valence electrons. The molecule has 1 unspecified atom stereocenters. The molecule has 0 radical (unpaired) electrons. The van der Waals surface area contributed by atoms with Crippen LogP contribution in [0.25, 0.3) is 0 Å². The van der Waals surface area contributed by atoms with Crippen molar-refractivity contribution in [3.8, 4) is 0 Å². The highest BCUT2D eigenvalue weighted by atomic mass is 16.3. The standard InChI is InChI=1S/C22H26N2O/c25-21-15-23(11-16-5-2-1-3-6-16)14-20(21)24-12-18-8-4-7-17-9-10-19(13-24)22(17)18/h1-8,19-21,25H,9-15H2/t19?,20-,21-/m1/s1. The van der Waals surface area contributed by atoms with Crippen LogP contribution in [0.4, 0.5) is 0 Å². The Balaban J connectivity index is 1.32. The number of hydrogen-bond donors (Lipinski definition) is 1. The fourth-order valence-electron chi connectivity index (χ4n) is 5.20. The molecule has 3 nitrogen and oxygen atoms in total. The van der Waals surface area contributed by atoms with Crippen molar-refractivity contribution < 1.29 is 5.11 Å². The smallest absolute Gasteiger partial charge is 0.0834 e. The second-order valence-corrected chi connectivity index (χ2v) is 7.97. The van der Waals surface area contributed by atoms with E-state index in [1.165, 1.54) is 24.0 Å². The van der Waals surface area contributed by atoms with Crippen molar-refractivity contribution >= 4 is 0 Å². The van der Waals surface area contributed by atoms with Crippen molar-refractivity contribution in [2.45, 2.75) is 44.0 Å². The molecule has 1 fully saturated rings. The van der Waals surface area contributed by atoms with Crippen molar-refractivity contribution in [2.75, 3.05) is 19.6 Å². The fraction of sp³-hybridized carbons (Fsp3) is 0.455. The second-order valence-electron chi connectivity index (χ2n) is 7.97. The minimum atomic E-state index is -0.241. The van der Waals surface area contributed by atoms with Crippen LogP contribution in [-0.4, -0.2) is 46.7 Å². The first-order valence-electron chi connectivity index (χ1n) is 9.57. The molecule has 5 rings (SSSR count). The van der Waals surface area contributed by atoms with Gasteiger partial charge in [-0.25, -0.2) is 0 Å². The summed E-state index contributed by atoms with van der Waals surface area (Å²) in [5, 5.41) is 10.7. The lowest BCUT2D eigenvalue weighted by molar-refractivity contribution is 0.0685. The predicted molar refractivity (Wildman–Crippen MR) is 99.4 cm³/mol. The number of β-amino-alcohol motifs (C(OH)–C–C–N with tert-alkyl or cyclic N) is 1. The molecule has 0 saturated carbocycles. The Hall–Kier alpha value is -1.68. The Morgan fingerprint density at radius 3 is 2.64 bits per heavy atom. The van der Waals surface area contributed by atoms with Crippen LogP contribution in [0.1, 0.15) is 34.6 Å². The summed E-state index contributed by atoms with van der Waals surface area (Å²) in [7, 11) is 0. The Bertz CT molecular complexity index is 760. The topological polar surface area (TPSA) is 26.7 Å². The molecule has 2 heterocycles. The monoisotopic (exact) mass is 334 g/mol. The highest BCUT2D eigenvalue weighted by molar-refractivity contribution is 5.43. The molecule has 2 aliphatic heterocycles. The number of aliphatic hydroxyl groups excluding tert-OH is 1. The molecule has 3 atom stereocenters. The van der Waals surface area contributed by atoms with Gasteiger partial charge in [0.2, 0.25) is 0 Å². The number of benzene rings is 2. The third kappa shape index (κ3) is 2.80. The largest absolute Gasteiger partial charge is 0.390 e. The number of aliphatic hydroxyl groups is 1.